The fraction of sp³-hybridized carbons (Fsp3) is 0.500. The predicted octanol–water partition coefficient (Wildman–Crippen LogP) is 3.65. The number of rotatable bonds is 6. The summed E-state index contributed by atoms with van der Waals surface area (Å²) in [5.74, 6) is 2.54. The Labute approximate surface area is 188 Å². The molecule has 1 aliphatic rings. The molecule has 6 nitrogen and oxygen atoms in total. The summed E-state index contributed by atoms with van der Waals surface area (Å²) in [6.07, 6.45) is 3.77. The second-order valence-corrected chi connectivity index (χ2v) is 7.82. The summed E-state index contributed by atoms with van der Waals surface area (Å²) in [5, 5.41) is 4.57. The number of aliphatic imine (C=N–C) groups is 1. The van der Waals surface area contributed by atoms with Crippen LogP contribution in [0.1, 0.15) is 27.9 Å². The van der Waals surface area contributed by atoms with Crippen LogP contribution in [0.15, 0.2) is 23.3 Å². The first-order valence-corrected chi connectivity index (χ1v) is 10.1. The molecule has 8 heteroatoms. The van der Waals surface area contributed by atoms with Gasteiger partial charge in [0.2, 0.25) is 0 Å². The third-order valence-corrected chi connectivity index (χ3v) is 5.58. The van der Waals surface area contributed by atoms with Crippen LogP contribution in [0.3, 0.4) is 0 Å². The lowest BCUT2D eigenvalue weighted by atomic mass is 9.99. The number of thiazole rings is 1. The zero-order chi connectivity index (χ0) is 19.2. The van der Waals surface area contributed by atoms with Crippen LogP contribution in [0.4, 0.5) is 0 Å². The van der Waals surface area contributed by atoms with Crippen LogP contribution >= 0.6 is 35.3 Å². The Kier molecular flexibility index (Phi) is 8.81. The van der Waals surface area contributed by atoms with Crippen molar-refractivity contribution >= 4 is 41.3 Å². The van der Waals surface area contributed by atoms with Crippen molar-refractivity contribution in [1.29, 1.82) is 0 Å². The van der Waals surface area contributed by atoms with E-state index in [9.17, 15) is 0 Å². The maximum atomic E-state index is 5.47. The third-order valence-electron chi connectivity index (χ3n) is 4.61. The van der Waals surface area contributed by atoms with Gasteiger partial charge in [-0.2, -0.15) is 0 Å². The molecule has 0 saturated heterocycles. The molecule has 1 N–H and O–H groups in total. The van der Waals surface area contributed by atoms with E-state index in [1.807, 2.05) is 6.20 Å². The van der Waals surface area contributed by atoms with Crippen LogP contribution in [0.5, 0.6) is 11.5 Å². The largest absolute Gasteiger partial charge is 0.493 e. The number of aryl methyl sites for hydroxylation is 1. The average Bonchev–Trinajstić information content (AvgIpc) is 3.10. The Hall–Kier alpha value is -1.55. The van der Waals surface area contributed by atoms with E-state index in [0.29, 0.717) is 0 Å². The number of ether oxygens (including phenoxy) is 2. The van der Waals surface area contributed by atoms with E-state index in [0.717, 1.165) is 61.5 Å². The average molecular weight is 516 g/mol. The first kappa shape index (κ1) is 22.7. The number of benzene rings is 1. The second-order valence-electron chi connectivity index (χ2n) is 6.50. The van der Waals surface area contributed by atoms with Gasteiger partial charge in [0.1, 0.15) is 0 Å². The van der Waals surface area contributed by atoms with Crippen molar-refractivity contribution in [2.45, 2.75) is 33.2 Å². The number of aromatic nitrogens is 1. The molecule has 28 heavy (non-hydrogen) atoms. The molecule has 2 heterocycles. The van der Waals surface area contributed by atoms with Crippen molar-refractivity contribution in [2.24, 2.45) is 4.99 Å². The number of hydrogen-bond acceptors (Lipinski definition) is 5. The normalized spacial score (nSPS) is 13.6. The Balaban J connectivity index is 0.00000280. The number of fused-ring (bicyclic) bond motifs is 1. The van der Waals surface area contributed by atoms with Crippen LogP contribution < -0.4 is 14.8 Å². The maximum Gasteiger partial charge on any atom is 0.194 e. The van der Waals surface area contributed by atoms with Gasteiger partial charge in [0.15, 0.2) is 17.5 Å². The molecule has 0 fully saturated rings. The molecule has 154 valence electrons. The Morgan fingerprint density at radius 1 is 1.25 bits per heavy atom. The Morgan fingerprint density at radius 3 is 2.57 bits per heavy atom. The lowest BCUT2D eigenvalue weighted by Crippen LogP contribution is -2.44. The molecule has 2 aromatic rings. The van der Waals surface area contributed by atoms with Crippen molar-refractivity contribution in [1.82, 2.24) is 15.2 Å². The molecule has 0 amide bonds. The van der Waals surface area contributed by atoms with Gasteiger partial charge in [-0.3, -0.25) is 4.99 Å². The minimum absolute atomic E-state index is 0. The second kappa shape index (κ2) is 10.8. The van der Waals surface area contributed by atoms with Crippen molar-refractivity contribution in [3.8, 4) is 11.5 Å². The SMILES string of the molecule is CCNC(=NCCc1ncc(C)s1)N1CCc2cc(OC)c(OC)cc2C1.I. The summed E-state index contributed by atoms with van der Waals surface area (Å²) in [7, 11) is 3.36. The summed E-state index contributed by atoms with van der Waals surface area (Å²) in [5.41, 5.74) is 2.58. The molecule has 0 unspecified atom stereocenters. The highest BCUT2D eigenvalue weighted by Crippen LogP contribution is 2.33. The minimum Gasteiger partial charge on any atom is -0.493 e. The highest BCUT2D eigenvalue weighted by atomic mass is 127. The van der Waals surface area contributed by atoms with Gasteiger partial charge in [-0.05, 0) is 43.5 Å². The molecular weight excluding hydrogens is 487 g/mol. The molecule has 0 atom stereocenters. The van der Waals surface area contributed by atoms with Gasteiger partial charge in [0, 0.05) is 43.7 Å². The molecule has 1 aliphatic heterocycles. The van der Waals surface area contributed by atoms with Crippen molar-refractivity contribution in [2.75, 3.05) is 33.9 Å². The van der Waals surface area contributed by atoms with Gasteiger partial charge >= 0.3 is 0 Å². The van der Waals surface area contributed by atoms with Gasteiger partial charge < -0.3 is 19.7 Å². The van der Waals surface area contributed by atoms with Gasteiger partial charge in [-0.25, -0.2) is 4.98 Å². The molecule has 0 radical (unpaired) electrons. The van der Waals surface area contributed by atoms with E-state index in [1.165, 1.54) is 16.0 Å². The molecule has 0 bridgehead atoms. The topological polar surface area (TPSA) is 59.0 Å². The number of nitrogens with one attached hydrogen (secondary N) is 1. The fourth-order valence-corrected chi connectivity index (χ4v) is 4.04. The van der Waals surface area contributed by atoms with E-state index < -0.39 is 0 Å². The first-order valence-electron chi connectivity index (χ1n) is 9.33. The Morgan fingerprint density at radius 2 is 1.96 bits per heavy atom. The summed E-state index contributed by atoms with van der Waals surface area (Å²) < 4.78 is 10.9. The van der Waals surface area contributed by atoms with E-state index in [4.69, 9.17) is 14.5 Å². The van der Waals surface area contributed by atoms with Gasteiger partial charge in [0.25, 0.3) is 0 Å². The van der Waals surface area contributed by atoms with Crippen molar-refractivity contribution < 1.29 is 9.47 Å². The summed E-state index contributed by atoms with van der Waals surface area (Å²) in [6.45, 7) is 7.53. The van der Waals surface area contributed by atoms with E-state index in [2.05, 4.69) is 41.2 Å². The quantitative estimate of drug-likeness (QED) is 0.361. The molecule has 0 saturated carbocycles. The molecule has 1 aromatic carbocycles. The molecule has 1 aromatic heterocycles. The van der Waals surface area contributed by atoms with E-state index in [-0.39, 0.29) is 24.0 Å². The number of guanidine groups is 1. The summed E-state index contributed by atoms with van der Waals surface area (Å²) in [6, 6.07) is 4.18. The van der Waals surface area contributed by atoms with Crippen molar-refractivity contribution in [3.05, 3.63) is 39.3 Å². The fourth-order valence-electron chi connectivity index (χ4n) is 3.26. The number of nitrogens with zero attached hydrogens (tertiary/aromatic N) is 3. The van der Waals surface area contributed by atoms with E-state index >= 15 is 0 Å². The van der Waals surface area contributed by atoms with Gasteiger partial charge in [-0.15, -0.1) is 35.3 Å². The number of halogens is 1. The minimum atomic E-state index is 0. The predicted molar refractivity (Wildman–Crippen MR) is 126 cm³/mol. The van der Waals surface area contributed by atoms with Crippen molar-refractivity contribution in [3.63, 3.8) is 0 Å². The van der Waals surface area contributed by atoms with Gasteiger partial charge in [-0.1, -0.05) is 0 Å². The Bertz CT molecular complexity index is 809. The number of methoxy groups -OCH3 is 2. The summed E-state index contributed by atoms with van der Waals surface area (Å²) in [4.78, 5) is 12.8. The smallest absolute Gasteiger partial charge is 0.194 e. The van der Waals surface area contributed by atoms with Crippen LogP contribution in [-0.4, -0.2) is 49.7 Å². The molecule has 0 spiro atoms. The maximum absolute atomic E-state index is 5.47. The zero-order valence-corrected chi connectivity index (χ0v) is 20.1. The monoisotopic (exact) mass is 516 g/mol. The van der Waals surface area contributed by atoms with Crippen LogP contribution in [0.2, 0.25) is 0 Å². The molecular formula is C20H29IN4O2S. The lowest BCUT2D eigenvalue weighted by molar-refractivity contribution is 0.346. The molecule has 3 rings (SSSR count). The van der Waals surface area contributed by atoms with Crippen LogP contribution in [0.25, 0.3) is 0 Å². The standard InChI is InChI=1S/C20H28N4O2S.HI/c1-5-21-20(22-8-6-19-23-12-14(2)27-19)24-9-7-15-10-17(25-3)18(26-4)11-16(15)13-24;/h10-12H,5-9,13H2,1-4H3,(H,21,22);1H. The first-order chi connectivity index (χ1) is 13.1. The number of hydrogen-bond donors (Lipinski definition) is 1. The highest BCUT2D eigenvalue weighted by Gasteiger charge is 2.21. The lowest BCUT2D eigenvalue weighted by Gasteiger charge is -2.32. The molecule has 0 aliphatic carbocycles. The van der Waals surface area contributed by atoms with Crippen LogP contribution in [-0.2, 0) is 19.4 Å². The zero-order valence-electron chi connectivity index (χ0n) is 16.9. The third kappa shape index (κ3) is 5.50. The van der Waals surface area contributed by atoms with Gasteiger partial charge in [0.05, 0.1) is 19.2 Å². The highest BCUT2D eigenvalue weighted by molar-refractivity contribution is 14.0. The van der Waals surface area contributed by atoms with E-state index in [1.54, 1.807) is 25.6 Å². The van der Waals surface area contributed by atoms with Crippen LogP contribution in [0, 0.1) is 6.92 Å². The summed E-state index contributed by atoms with van der Waals surface area (Å²) >= 11 is 1.75.